The number of para-hydroxylation sites is 1. The van der Waals surface area contributed by atoms with Crippen LogP contribution in [0.5, 0.6) is 0 Å². The molecule has 0 atom stereocenters. The van der Waals surface area contributed by atoms with Crippen LogP contribution in [0.1, 0.15) is 5.56 Å². The zero-order chi connectivity index (χ0) is 18.0. The lowest BCUT2D eigenvalue weighted by Crippen LogP contribution is -2.08. The molecule has 3 rings (SSSR count). The smallest absolute Gasteiger partial charge is 0.295 e. The Hall–Kier alpha value is -3.66. The van der Waals surface area contributed by atoms with E-state index < -0.39 is 4.92 Å². The number of nitriles is 1. The van der Waals surface area contributed by atoms with Crippen molar-refractivity contribution in [1.82, 2.24) is 4.98 Å². The van der Waals surface area contributed by atoms with Crippen molar-refractivity contribution in [3.63, 3.8) is 0 Å². The minimum atomic E-state index is -0.474. The second-order valence-electron chi connectivity index (χ2n) is 5.66. The highest BCUT2D eigenvalue weighted by Gasteiger charge is 2.17. The molecule has 3 aromatic rings. The average Bonchev–Trinajstić information content (AvgIpc) is 2.61. The van der Waals surface area contributed by atoms with Gasteiger partial charge in [0.25, 0.3) is 5.69 Å². The molecule has 2 aromatic carbocycles. The van der Waals surface area contributed by atoms with E-state index in [0.717, 1.165) is 11.4 Å². The number of nitrogens with zero attached hydrogens (tertiary/aromatic N) is 4. The summed E-state index contributed by atoms with van der Waals surface area (Å²) in [5.41, 5.74) is 2.76. The van der Waals surface area contributed by atoms with E-state index in [2.05, 4.69) is 16.4 Å². The van der Waals surface area contributed by atoms with Crippen molar-refractivity contribution in [2.45, 2.75) is 0 Å². The Morgan fingerprint density at radius 3 is 2.68 bits per heavy atom. The molecule has 0 amide bonds. The standard InChI is InChI=1S/C18H15N5O2/c1-22(2)14-6-3-5-13(9-14)21-17-12(10-19)11-20-18-15(17)7-4-8-16(18)23(24)25/h3-9,11H,1-2H3,(H,20,21). The lowest BCUT2D eigenvalue weighted by molar-refractivity contribution is -0.383. The van der Waals surface area contributed by atoms with E-state index in [1.54, 1.807) is 12.1 Å². The second kappa shape index (κ2) is 6.45. The summed E-state index contributed by atoms with van der Waals surface area (Å²) in [6.07, 6.45) is 1.35. The summed E-state index contributed by atoms with van der Waals surface area (Å²) < 4.78 is 0. The molecule has 0 aliphatic rings. The first-order chi connectivity index (χ1) is 12.0. The lowest BCUT2D eigenvalue weighted by Gasteiger charge is -2.16. The highest BCUT2D eigenvalue weighted by molar-refractivity contribution is 5.99. The summed E-state index contributed by atoms with van der Waals surface area (Å²) in [7, 11) is 3.87. The van der Waals surface area contributed by atoms with Gasteiger partial charge in [-0.05, 0) is 18.2 Å². The maximum Gasteiger partial charge on any atom is 0.295 e. The molecule has 0 bridgehead atoms. The van der Waals surface area contributed by atoms with Crippen molar-refractivity contribution >= 4 is 33.7 Å². The fourth-order valence-electron chi connectivity index (χ4n) is 2.58. The predicted octanol–water partition coefficient (Wildman–Crippen LogP) is 3.82. The van der Waals surface area contributed by atoms with Gasteiger partial charge in [-0.25, -0.2) is 4.98 Å². The van der Waals surface area contributed by atoms with E-state index in [4.69, 9.17) is 0 Å². The van der Waals surface area contributed by atoms with Gasteiger partial charge in [-0.15, -0.1) is 0 Å². The molecule has 0 aliphatic heterocycles. The normalized spacial score (nSPS) is 10.3. The molecule has 1 aromatic heterocycles. The van der Waals surface area contributed by atoms with Gasteiger partial charge in [-0.3, -0.25) is 10.1 Å². The van der Waals surface area contributed by atoms with Gasteiger partial charge >= 0.3 is 0 Å². The number of aromatic nitrogens is 1. The number of non-ortho nitro benzene ring substituents is 1. The first-order valence-corrected chi connectivity index (χ1v) is 7.52. The minimum Gasteiger partial charge on any atom is -0.378 e. The molecule has 0 fully saturated rings. The monoisotopic (exact) mass is 333 g/mol. The first-order valence-electron chi connectivity index (χ1n) is 7.52. The van der Waals surface area contributed by atoms with Gasteiger partial charge in [0.1, 0.15) is 11.6 Å². The van der Waals surface area contributed by atoms with Crippen molar-refractivity contribution in [2.24, 2.45) is 0 Å². The Kier molecular flexibility index (Phi) is 4.18. The van der Waals surface area contributed by atoms with Gasteiger partial charge in [0.15, 0.2) is 0 Å². The number of fused-ring (bicyclic) bond motifs is 1. The van der Waals surface area contributed by atoms with Crippen LogP contribution in [0.25, 0.3) is 10.9 Å². The number of nitro benzene ring substituents is 1. The molecule has 0 saturated carbocycles. The van der Waals surface area contributed by atoms with E-state index in [9.17, 15) is 15.4 Å². The third-order valence-corrected chi connectivity index (χ3v) is 3.83. The molecule has 1 heterocycles. The van der Waals surface area contributed by atoms with E-state index in [-0.39, 0.29) is 11.2 Å². The van der Waals surface area contributed by atoms with Crippen LogP contribution in [0.4, 0.5) is 22.7 Å². The van der Waals surface area contributed by atoms with Gasteiger partial charge in [-0.2, -0.15) is 5.26 Å². The maximum atomic E-state index is 11.2. The molecular weight excluding hydrogens is 318 g/mol. The van der Waals surface area contributed by atoms with Crippen molar-refractivity contribution in [3.05, 3.63) is 64.3 Å². The van der Waals surface area contributed by atoms with E-state index in [1.165, 1.54) is 12.3 Å². The summed E-state index contributed by atoms with van der Waals surface area (Å²) >= 11 is 0. The average molecular weight is 333 g/mol. The van der Waals surface area contributed by atoms with Gasteiger partial charge in [0.2, 0.25) is 0 Å². The van der Waals surface area contributed by atoms with Crippen molar-refractivity contribution in [3.8, 4) is 6.07 Å². The first kappa shape index (κ1) is 16.2. The number of anilines is 3. The largest absolute Gasteiger partial charge is 0.378 e. The van der Waals surface area contributed by atoms with E-state index >= 15 is 0 Å². The predicted molar refractivity (Wildman–Crippen MR) is 97.2 cm³/mol. The Labute approximate surface area is 144 Å². The summed E-state index contributed by atoms with van der Waals surface area (Å²) in [6, 6.07) is 14.5. The molecule has 0 radical (unpaired) electrons. The molecule has 0 unspecified atom stereocenters. The molecule has 0 spiro atoms. The third-order valence-electron chi connectivity index (χ3n) is 3.83. The lowest BCUT2D eigenvalue weighted by atomic mass is 10.1. The zero-order valence-corrected chi connectivity index (χ0v) is 13.7. The van der Waals surface area contributed by atoms with Crippen LogP contribution in [0, 0.1) is 21.4 Å². The van der Waals surface area contributed by atoms with Crippen LogP contribution in [-0.2, 0) is 0 Å². The molecule has 0 saturated heterocycles. The number of hydrogen-bond acceptors (Lipinski definition) is 6. The zero-order valence-electron chi connectivity index (χ0n) is 13.7. The highest BCUT2D eigenvalue weighted by Crippen LogP contribution is 2.33. The van der Waals surface area contributed by atoms with Crippen LogP contribution in [0.3, 0.4) is 0 Å². The number of pyridine rings is 1. The fraction of sp³-hybridized carbons (Fsp3) is 0.111. The van der Waals surface area contributed by atoms with Gasteiger partial charge in [0.05, 0.1) is 16.2 Å². The van der Waals surface area contributed by atoms with E-state index in [0.29, 0.717) is 16.6 Å². The Morgan fingerprint density at radius 1 is 1.24 bits per heavy atom. The molecule has 25 heavy (non-hydrogen) atoms. The van der Waals surface area contributed by atoms with Crippen LogP contribution < -0.4 is 10.2 Å². The number of nitrogens with one attached hydrogen (secondary N) is 1. The molecular formula is C18H15N5O2. The third kappa shape index (κ3) is 3.05. The summed E-state index contributed by atoms with van der Waals surface area (Å²) in [6.45, 7) is 0. The van der Waals surface area contributed by atoms with Crippen LogP contribution in [0.2, 0.25) is 0 Å². The molecule has 1 N–H and O–H groups in total. The molecule has 7 nitrogen and oxygen atoms in total. The molecule has 7 heteroatoms. The molecule has 0 aliphatic carbocycles. The van der Waals surface area contributed by atoms with Gasteiger partial charge in [0, 0.05) is 43.1 Å². The van der Waals surface area contributed by atoms with Crippen LogP contribution in [0.15, 0.2) is 48.7 Å². The number of hydrogen-bond donors (Lipinski definition) is 1. The summed E-state index contributed by atoms with van der Waals surface area (Å²) in [5.74, 6) is 0. The second-order valence-corrected chi connectivity index (χ2v) is 5.66. The molecule has 124 valence electrons. The highest BCUT2D eigenvalue weighted by atomic mass is 16.6. The number of nitro groups is 1. The van der Waals surface area contributed by atoms with Crippen molar-refractivity contribution in [2.75, 3.05) is 24.3 Å². The summed E-state index contributed by atoms with van der Waals surface area (Å²) in [5, 5.41) is 24.4. The topological polar surface area (TPSA) is 95.1 Å². The van der Waals surface area contributed by atoms with Gasteiger partial charge < -0.3 is 10.2 Å². The SMILES string of the molecule is CN(C)c1cccc(Nc2c(C#N)cnc3c([N+](=O)[O-])cccc23)c1. The van der Waals surface area contributed by atoms with Crippen molar-refractivity contribution < 1.29 is 4.92 Å². The van der Waals surface area contributed by atoms with Crippen LogP contribution in [-0.4, -0.2) is 24.0 Å². The Balaban J connectivity index is 2.18. The van der Waals surface area contributed by atoms with Crippen molar-refractivity contribution in [1.29, 1.82) is 5.26 Å². The van der Waals surface area contributed by atoms with Gasteiger partial charge in [-0.1, -0.05) is 18.2 Å². The number of rotatable bonds is 4. The fourth-order valence-corrected chi connectivity index (χ4v) is 2.58. The Bertz CT molecular complexity index is 1010. The maximum absolute atomic E-state index is 11.2. The van der Waals surface area contributed by atoms with Crippen LogP contribution >= 0.6 is 0 Å². The van der Waals surface area contributed by atoms with E-state index in [1.807, 2.05) is 43.3 Å². The quantitative estimate of drug-likeness (QED) is 0.576. The summed E-state index contributed by atoms with van der Waals surface area (Å²) in [4.78, 5) is 16.8. The minimum absolute atomic E-state index is 0.0907. The number of benzene rings is 2. The Morgan fingerprint density at radius 2 is 2.00 bits per heavy atom.